The van der Waals surface area contributed by atoms with Gasteiger partial charge in [-0.05, 0) is 72.8 Å². The summed E-state index contributed by atoms with van der Waals surface area (Å²) in [6, 6.07) is 17.8. The molecule has 0 spiro atoms. The molecule has 12 heteroatoms. The molecule has 2 aromatic carbocycles. The summed E-state index contributed by atoms with van der Waals surface area (Å²) in [5, 5.41) is 7.79. The van der Waals surface area contributed by atoms with Gasteiger partial charge in [-0.15, -0.1) is 0 Å². The average Bonchev–Trinajstić information content (AvgIpc) is 3.46. The molecule has 0 atom stereocenters. The quantitative estimate of drug-likeness (QED) is 0.217. The van der Waals surface area contributed by atoms with Crippen molar-refractivity contribution >= 4 is 32.7 Å². The smallest absolute Gasteiger partial charge is 0.294 e. The number of benzene rings is 2. The van der Waals surface area contributed by atoms with Crippen LogP contribution in [0, 0.1) is 0 Å². The third kappa shape index (κ3) is 5.55. The standard InChI is InChI=1S/C22H16N2O8S2/c25-33(26,27)19-7-1-15(2-8-19)21-11-5-17(31-21)13-23-24-14-18-6-12-22(32-18)16-3-9-20(10-4-16)34(28,29)30/h1-14H,(H,25,26,27)(H,28,29,30)/b23-13+,24-14+. The van der Waals surface area contributed by atoms with Crippen molar-refractivity contribution in [1.82, 2.24) is 0 Å². The van der Waals surface area contributed by atoms with E-state index in [4.69, 9.17) is 17.9 Å². The maximum absolute atomic E-state index is 11.1. The van der Waals surface area contributed by atoms with Crippen LogP contribution in [0.2, 0.25) is 0 Å². The highest BCUT2D eigenvalue weighted by Gasteiger charge is 2.11. The molecule has 10 nitrogen and oxygen atoms in total. The summed E-state index contributed by atoms with van der Waals surface area (Å²) in [6.45, 7) is 0. The molecule has 2 aromatic heterocycles. The third-order valence-electron chi connectivity index (χ3n) is 4.56. The fourth-order valence-corrected chi connectivity index (χ4v) is 3.88. The van der Waals surface area contributed by atoms with Crippen molar-refractivity contribution in [3.05, 3.63) is 84.3 Å². The van der Waals surface area contributed by atoms with Crippen LogP contribution in [-0.4, -0.2) is 38.4 Å². The first kappa shape index (κ1) is 23.3. The van der Waals surface area contributed by atoms with E-state index in [-0.39, 0.29) is 9.79 Å². The van der Waals surface area contributed by atoms with E-state index in [9.17, 15) is 16.8 Å². The van der Waals surface area contributed by atoms with Crippen LogP contribution in [-0.2, 0) is 20.2 Å². The summed E-state index contributed by atoms with van der Waals surface area (Å²) >= 11 is 0. The predicted octanol–water partition coefficient (Wildman–Crippen LogP) is 4.15. The second-order valence-corrected chi connectivity index (χ2v) is 9.74. The lowest BCUT2D eigenvalue weighted by Gasteiger charge is -1.99. The highest BCUT2D eigenvalue weighted by molar-refractivity contribution is 7.86. The zero-order chi connectivity index (χ0) is 24.3. The zero-order valence-corrected chi connectivity index (χ0v) is 18.8. The van der Waals surface area contributed by atoms with Gasteiger partial charge in [-0.1, -0.05) is 0 Å². The van der Waals surface area contributed by atoms with E-state index in [1.54, 1.807) is 24.3 Å². The minimum Gasteiger partial charge on any atom is -0.455 e. The predicted molar refractivity (Wildman–Crippen MR) is 123 cm³/mol. The van der Waals surface area contributed by atoms with E-state index in [2.05, 4.69) is 10.2 Å². The monoisotopic (exact) mass is 500 g/mol. The topological polar surface area (TPSA) is 160 Å². The molecule has 0 aliphatic rings. The molecule has 4 aromatic rings. The zero-order valence-electron chi connectivity index (χ0n) is 17.1. The summed E-state index contributed by atoms with van der Waals surface area (Å²) in [6.07, 6.45) is 2.76. The fraction of sp³-hybridized carbons (Fsp3) is 0. The normalized spacial score (nSPS) is 12.6. The Kier molecular flexibility index (Phi) is 6.30. The second kappa shape index (κ2) is 9.19. The van der Waals surface area contributed by atoms with Crippen LogP contribution in [0.5, 0.6) is 0 Å². The van der Waals surface area contributed by atoms with Crippen LogP contribution in [0.25, 0.3) is 22.6 Å². The molecule has 2 N–H and O–H groups in total. The largest absolute Gasteiger partial charge is 0.455 e. The van der Waals surface area contributed by atoms with Crippen LogP contribution in [0.15, 0.2) is 102 Å². The van der Waals surface area contributed by atoms with Crippen molar-refractivity contribution in [2.75, 3.05) is 0 Å². The number of nitrogens with zero attached hydrogens (tertiary/aromatic N) is 2. The molecule has 0 saturated carbocycles. The Balaban J connectivity index is 1.40. The van der Waals surface area contributed by atoms with Gasteiger partial charge >= 0.3 is 0 Å². The van der Waals surface area contributed by atoms with Crippen LogP contribution < -0.4 is 0 Å². The summed E-state index contributed by atoms with van der Waals surface area (Å²) in [5.74, 6) is 1.76. The summed E-state index contributed by atoms with van der Waals surface area (Å²) in [5.41, 5.74) is 1.23. The van der Waals surface area contributed by atoms with E-state index in [0.717, 1.165) is 0 Å². The molecule has 0 bridgehead atoms. The lowest BCUT2D eigenvalue weighted by Crippen LogP contribution is -1.97. The molecule has 0 saturated heterocycles. The van der Waals surface area contributed by atoms with Crippen molar-refractivity contribution in [2.45, 2.75) is 9.79 Å². The lowest BCUT2D eigenvalue weighted by atomic mass is 10.2. The first-order valence-electron chi connectivity index (χ1n) is 9.51. The number of furan rings is 2. The van der Waals surface area contributed by atoms with Crippen molar-refractivity contribution in [1.29, 1.82) is 0 Å². The summed E-state index contributed by atoms with van der Waals surface area (Å²) < 4.78 is 73.8. The lowest BCUT2D eigenvalue weighted by molar-refractivity contribution is 0.481. The summed E-state index contributed by atoms with van der Waals surface area (Å²) in [4.78, 5) is -0.426. The Morgan fingerprint density at radius 1 is 0.559 bits per heavy atom. The first-order chi connectivity index (χ1) is 16.1. The Hall–Kier alpha value is -3.84. The SMILES string of the molecule is O=S(=O)(O)c1ccc(-c2ccc(/C=N/N=C/c3ccc(-c4ccc(S(=O)(=O)O)cc4)o3)o2)cc1. The molecular formula is C22H16N2O8S2. The van der Waals surface area contributed by atoms with Gasteiger partial charge in [0.15, 0.2) is 0 Å². The first-order valence-corrected chi connectivity index (χ1v) is 12.4. The van der Waals surface area contributed by atoms with Gasteiger partial charge < -0.3 is 8.83 Å². The van der Waals surface area contributed by atoms with E-state index >= 15 is 0 Å². The summed E-state index contributed by atoms with van der Waals surface area (Å²) in [7, 11) is -8.52. The minimum absolute atomic E-state index is 0.213. The van der Waals surface area contributed by atoms with E-state index < -0.39 is 20.2 Å². The Bertz CT molecular complexity index is 1460. The Morgan fingerprint density at radius 2 is 0.912 bits per heavy atom. The molecular weight excluding hydrogens is 484 g/mol. The highest BCUT2D eigenvalue weighted by Crippen LogP contribution is 2.24. The number of hydrogen-bond acceptors (Lipinski definition) is 8. The third-order valence-corrected chi connectivity index (χ3v) is 6.30. The van der Waals surface area contributed by atoms with Gasteiger partial charge in [0.1, 0.15) is 23.0 Å². The molecule has 0 aliphatic heterocycles. The van der Waals surface area contributed by atoms with Crippen LogP contribution in [0.1, 0.15) is 11.5 Å². The van der Waals surface area contributed by atoms with Crippen molar-refractivity contribution in [2.24, 2.45) is 10.2 Å². The van der Waals surface area contributed by atoms with Crippen molar-refractivity contribution in [3.8, 4) is 22.6 Å². The Labute approximate surface area is 194 Å². The Morgan fingerprint density at radius 3 is 1.24 bits per heavy atom. The average molecular weight is 501 g/mol. The van der Waals surface area contributed by atoms with E-state index in [1.807, 2.05) is 0 Å². The van der Waals surface area contributed by atoms with Gasteiger partial charge in [0, 0.05) is 11.1 Å². The molecule has 0 amide bonds. The number of hydrogen-bond donors (Lipinski definition) is 2. The molecule has 0 fully saturated rings. The molecule has 34 heavy (non-hydrogen) atoms. The molecule has 0 unspecified atom stereocenters. The maximum atomic E-state index is 11.1. The van der Waals surface area contributed by atoms with Gasteiger partial charge in [0.25, 0.3) is 20.2 Å². The maximum Gasteiger partial charge on any atom is 0.294 e. The van der Waals surface area contributed by atoms with Gasteiger partial charge in [-0.2, -0.15) is 27.0 Å². The van der Waals surface area contributed by atoms with Crippen LogP contribution in [0.4, 0.5) is 0 Å². The minimum atomic E-state index is -4.26. The van der Waals surface area contributed by atoms with Crippen LogP contribution in [0.3, 0.4) is 0 Å². The molecule has 0 aliphatic carbocycles. The fourth-order valence-electron chi connectivity index (χ4n) is 2.92. The van der Waals surface area contributed by atoms with Gasteiger partial charge in [-0.3, -0.25) is 9.11 Å². The van der Waals surface area contributed by atoms with Gasteiger partial charge in [0.05, 0.1) is 22.2 Å². The molecule has 4 rings (SSSR count). The highest BCUT2D eigenvalue weighted by atomic mass is 32.2. The molecule has 174 valence electrons. The molecule has 0 radical (unpaired) electrons. The van der Waals surface area contributed by atoms with Gasteiger partial charge in [0.2, 0.25) is 0 Å². The van der Waals surface area contributed by atoms with E-state index in [1.165, 1.54) is 61.0 Å². The van der Waals surface area contributed by atoms with Crippen molar-refractivity contribution < 1.29 is 34.8 Å². The second-order valence-electron chi connectivity index (χ2n) is 6.89. The van der Waals surface area contributed by atoms with Gasteiger partial charge in [-0.25, -0.2) is 0 Å². The number of rotatable bonds is 7. The van der Waals surface area contributed by atoms with Crippen LogP contribution >= 0.6 is 0 Å². The van der Waals surface area contributed by atoms with E-state index in [0.29, 0.717) is 34.2 Å². The van der Waals surface area contributed by atoms with Crippen molar-refractivity contribution in [3.63, 3.8) is 0 Å². The molecule has 2 heterocycles.